The SMILES string of the molecule is CC(=O)OC[C@H](OC(C)=O)[C@H]1O[C@H](O[C@H]2[C@H](OC(C)=O)[C@@H]([C@H](COC(C)=O)OC(C)=O)O[C@H](O)[C@H]2OC(C)=O)[C@@H](OC(C)=O)[C@@H](OC(C)=O)[C@@H]1OC(C)=O. The molecule has 0 aromatic carbocycles. The van der Waals surface area contributed by atoms with E-state index in [-0.39, 0.29) is 0 Å². The van der Waals surface area contributed by atoms with Gasteiger partial charge >= 0.3 is 53.7 Å². The predicted octanol–water partition coefficient (Wildman–Crippen LogP) is -1.54. The van der Waals surface area contributed by atoms with Crippen LogP contribution in [0.5, 0.6) is 0 Å². The maximum absolute atomic E-state index is 12.5. The lowest BCUT2D eigenvalue weighted by Gasteiger charge is -2.49. The summed E-state index contributed by atoms with van der Waals surface area (Å²) < 4.78 is 65.7. The molecule has 0 spiro atoms. The summed E-state index contributed by atoms with van der Waals surface area (Å²) in [6.45, 7) is 7.31. The smallest absolute Gasteiger partial charge is 0.303 e. The molecule has 0 saturated carbocycles. The summed E-state index contributed by atoms with van der Waals surface area (Å²) >= 11 is 0. The number of hydrogen-bond acceptors (Lipinski definition) is 22. The third-order valence-corrected chi connectivity index (χ3v) is 7.15. The van der Waals surface area contributed by atoms with E-state index in [1.54, 1.807) is 0 Å². The Kier molecular flexibility index (Phi) is 17.2. The molecule has 2 aliphatic heterocycles. The molecule has 2 fully saturated rings. The first-order valence-corrected chi connectivity index (χ1v) is 16.2. The molecule has 22 nitrogen and oxygen atoms in total. The summed E-state index contributed by atoms with van der Waals surface area (Å²) in [6.07, 6.45) is -22.4. The Morgan fingerprint density at radius 1 is 0.444 bits per heavy atom. The van der Waals surface area contributed by atoms with Crippen molar-refractivity contribution < 1.29 is 105 Å². The standard InChI is InChI=1S/C32H44O22/c1-12(33)43-10-21(45-14(3)35)23-25(47-16(5)37)27(29(31(42)52-23)50-19(8)40)54-32-30(51-20(9)41)28(49-18(7)39)26(48-17(6)38)24(53-32)22(46-15(4)36)11-44-13(2)34/h21-32,42H,10-11H2,1-9H3/t21-,22-,23+,24+,25+,26+,27-,28-,29-,30-,31-,32+/m0/s1. The normalized spacial score (nSPS) is 28.8. The first-order valence-electron chi connectivity index (χ1n) is 16.2. The zero-order valence-corrected chi connectivity index (χ0v) is 30.9. The number of carbonyl (C=O) groups excluding carboxylic acids is 9. The zero-order chi connectivity index (χ0) is 41.0. The van der Waals surface area contributed by atoms with Gasteiger partial charge < -0.3 is 61.9 Å². The van der Waals surface area contributed by atoms with Gasteiger partial charge in [0, 0.05) is 62.3 Å². The molecule has 0 bridgehead atoms. The number of carbonyl (C=O) groups is 9. The average Bonchev–Trinajstić information content (AvgIpc) is 3.01. The van der Waals surface area contributed by atoms with Crippen LogP contribution in [0.1, 0.15) is 62.3 Å². The van der Waals surface area contributed by atoms with E-state index in [1.807, 2.05) is 0 Å². The van der Waals surface area contributed by atoms with E-state index in [9.17, 15) is 48.3 Å². The van der Waals surface area contributed by atoms with Crippen molar-refractivity contribution in [2.45, 2.75) is 136 Å². The maximum atomic E-state index is 12.5. The lowest BCUT2D eigenvalue weighted by molar-refractivity contribution is -0.365. The van der Waals surface area contributed by atoms with Crippen molar-refractivity contribution in [1.29, 1.82) is 0 Å². The van der Waals surface area contributed by atoms with Crippen LogP contribution in [0.25, 0.3) is 0 Å². The number of aliphatic hydroxyl groups excluding tert-OH is 1. The largest absolute Gasteiger partial charge is 0.462 e. The van der Waals surface area contributed by atoms with Gasteiger partial charge in [-0.2, -0.15) is 0 Å². The molecule has 12 atom stereocenters. The molecule has 0 aliphatic carbocycles. The molecule has 54 heavy (non-hydrogen) atoms. The Bertz CT molecular complexity index is 1410. The number of ether oxygens (including phenoxy) is 12. The molecule has 304 valence electrons. The van der Waals surface area contributed by atoms with Crippen LogP contribution in [-0.2, 0) is 100.0 Å². The van der Waals surface area contributed by atoms with E-state index >= 15 is 0 Å². The fraction of sp³-hybridized carbons (Fsp3) is 0.719. The molecule has 0 radical (unpaired) electrons. The Hall–Kier alpha value is -4.93. The van der Waals surface area contributed by atoms with Gasteiger partial charge in [-0.3, -0.25) is 43.2 Å². The van der Waals surface area contributed by atoms with Crippen molar-refractivity contribution in [3.8, 4) is 0 Å². The zero-order valence-electron chi connectivity index (χ0n) is 30.9. The number of esters is 9. The first-order chi connectivity index (χ1) is 25.1. The van der Waals surface area contributed by atoms with Crippen molar-refractivity contribution in [3.63, 3.8) is 0 Å². The molecule has 2 aliphatic rings. The number of rotatable bonds is 15. The van der Waals surface area contributed by atoms with Crippen LogP contribution >= 0.6 is 0 Å². The topological polar surface area (TPSA) is 285 Å². The van der Waals surface area contributed by atoms with E-state index in [0.717, 1.165) is 62.3 Å². The van der Waals surface area contributed by atoms with Gasteiger partial charge in [0.05, 0.1) is 0 Å². The van der Waals surface area contributed by atoms with Crippen LogP contribution in [0.3, 0.4) is 0 Å². The lowest BCUT2D eigenvalue weighted by atomic mass is 9.92. The van der Waals surface area contributed by atoms with Gasteiger partial charge in [0.1, 0.15) is 31.5 Å². The van der Waals surface area contributed by atoms with Crippen molar-refractivity contribution in [3.05, 3.63) is 0 Å². The third-order valence-electron chi connectivity index (χ3n) is 7.15. The van der Waals surface area contributed by atoms with E-state index < -0.39 is 141 Å². The van der Waals surface area contributed by atoms with Gasteiger partial charge in [-0.25, -0.2) is 0 Å². The van der Waals surface area contributed by atoms with Crippen LogP contribution in [0.2, 0.25) is 0 Å². The quantitative estimate of drug-likeness (QED) is 0.146. The Balaban J connectivity index is 2.89. The van der Waals surface area contributed by atoms with Crippen molar-refractivity contribution in [1.82, 2.24) is 0 Å². The second-order valence-corrected chi connectivity index (χ2v) is 11.8. The monoisotopic (exact) mass is 780 g/mol. The number of aliphatic hydroxyl groups is 1. The molecule has 0 unspecified atom stereocenters. The maximum Gasteiger partial charge on any atom is 0.303 e. The van der Waals surface area contributed by atoms with E-state index in [2.05, 4.69) is 0 Å². The van der Waals surface area contributed by atoms with Gasteiger partial charge in [-0.15, -0.1) is 0 Å². The second-order valence-electron chi connectivity index (χ2n) is 11.8. The minimum Gasteiger partial charge on any atom is -0.462 e. The highest BCUT2D eigenvalue weighted by Gasteiger charge is 2.60. The molecule has 1 N–H and O–H groups in total. The number of hydrogen-bond donors (Lipinski definition) is 1. The Morgan fingerprint density at radius 2 is 0.796 bits per heavy atom. The summed E-state index contributed by atoms with van der Waals surface area (Å²) in [6, 6.07) is 0. The lowest BCUT2D eigenvalue weighted by Crippen LogP contribution is -2.69. The molecular formula is C32H44O22. The highest BCUT2D eigenvalue weighted by Crippen LogP contribution is 2.37. The molecule has 0 amide bonds. The minimum absolute atomic E-state index is 0.716. The van der Waals surface area contributed by atoms with Gasteiger partial charge in [0.25, 0.3) is 0 Å². The first kappa shape index (κ1) is 45.2. The van der Waals surface area contributed by atoms with Gasteiger partial charge in [-0.05, 0) is 0 Å². The molecule has 2 saturated heterocycles. The summed E-state index contributed by atoms with van der Waals surface area (Å²) in [7, 11) is 0. The van der Waals surface area contributed by atoms with Crippen molar-refractivity contribution >= 4 is 53.7 Å². The highest BCUT2D eigenvalue weighted by molar-refractivity contribution is 5.70. The highest BCUT2D eigenvalue weighted by atomic mass is 16.8. The minimum atomic E-state index is -2.17. The summed E-state index contributed by atoms with van der Waals surface area (Å²) in [4.78, 5) is 110. The molecule has 2 heterocycles. The fourth-order valence-corrected chi connectivity index (χ4v) is 5.53. The Morgan fingerprint density at radius 3 is 1.19 bits per heavy atom. The fourth-order valence-electron chi connectivity index (χ4n) is 5.53. The van der Waals surface area contributed by atoms with Crippen molar-refractivity contribution in [2.24, 2.45) is 0 Å². The van der Waals surface area contributed by atoms with Gasteiger partial charge in [0.15, 0.2) is 55.3 Å². The van der Waals surface area contributed by atoms with Crippen molar-refractivity contribution in [2.75, 3.05) is 13.2 Å². The van der Waals surface area contributed by atoms with E-state index in [0.29, 0.717) is 0 Å². The average molecular weight is 781 g/mol. The summed E-state index contributed by atoms with van der Waals surface area (Å²) in [5, 5.41) is 11.2. The second kappa shape index (κ2) is 20.5. The van der Waals surface area contributed by atoms with Crippen LogP contribution in [0.4, 0.5) is 0 Å². The molecule has 0 aromatic heterocycles. The molecule has 2 rings (SSSR count). The predicted molar refractivity (Wildman–Crippen MR) is 167 cm³/mol. The van der Waals surface area contributed by atoms with Gasteiger partial charge in [-0.1, -0.05) is 0 Å². The van der Waals surface area contributed by atoms with Crippen LogP contribution in [-0.4, -0.2) is 146 Å². The summed E-state index contributed by atoms with van der Waals surface area (Å²) in [5.74, 6) is -8.70. The molecule has 22 heteroatoms. The van der Waals surface area contributed by atoms with E-state index in [4.69, 9.17) is 56.8 Å². The summed E-state index contributed by atoms with van der Waals surface area (Å²) in [5.41, 5.74) is 0. The van der Waals surface area contributed by atoms with Crippen LogP contribution in [0.15, 0.2) is 0 Å². The Labute approximate surface area is 308 Å². The third kappa shape index (κ3) is 13.8. The van der Waals surface area contributed by atoms with E-state index in [1.165, 1.54) is 0 Å². The molecular weight excluding hydrogens is 736 g/mol. The van der Waals surface area contributed by atoms with Crippen LogP contribution < -0.4 is 0 Å². The van der Waals surface area contributed by atoms with Gasteiger partial charge in [0.2, 0.25) is 0 Å². The van der Waals surface area contributed by atoms with Crippen LogP contribution in [0, 0.1) is 0 Å². The molecule has 0 aromatic rings.